The van der Waals surface area contributed by atoms with Gasteiger partial charge in [0.05, 0.1) is 4.90 Å². The molecule has 7 heteroatoms. The summed E-state index contributed by atoms with van der Waals surface area (Å²) in [4.78, 5) is 13.8. The maximum atomic E-state index is 12.9. The number of amides is 1. The van der Waals surface area contributed by atoms with E-state index in [2.05, 4.69) is 0 Å². The van der Waals surface area contributed by atoms with Gasteiger partial charge in [0.15, 0.2) is 0 Å². The van der Waals surface area contributed by atoms with Crippen molar-refractivity contribution >= 4 is 28.5 Å². The van der Waals surface area contributed by atoms with E-state index < -0.39 is 11.0 Å². The van der Waals surface area contributed by atoms with Crippen LogP contribution in [0.25, 0.3) is 0 Å². The van der Waals surface area contributed by atoms with Gasteiger partial charge in [0.2, 0.25) is 5.91 Å². The molecule has 1 atom stereocenters. The average Bonchev–Trinajstić information content (AvgIpc) is 2.83. The highest BCUT2D eigenvalue weighted by atomic mass is 35.5. The molecule has 0 saturated carbocycles. The molecule has 2 aromatic rings. The first-order valence-corrected chi connectivity index (χ1v) is 9.81. The van der Waals surface area contributed by atoms with E-state index in [0.717, 1.165) is 16.9 Å². The molecule has 0 aliphatic carbocycles. The monoisotopic (exact) mass is 392 g/mol. The molecule has 138 valence electrons. The highest BCUT2D eigenvalue weighted by Crippen LogP contribution is 2.27. The number of hydrogen-bond acceptors (Lipinski definition) is 3. The number of halogens is 1. The Morgan fingerprint density at radius 2 is 2.00 bits per heavy atom. The van der Waals surface area contributed by atoms with Gasteiger partial charge >= 0.3 is 0 Å². The van der Waals surface area contributed by atoms with Gasteiger partial charge in [-0.3, -0.25) is 4.79 Å². The molecule has 5 nitrogen and oxygen atoms in total. The van der Waals surface area contributed by atoms with Gasteiger partial charge in [-0.2, -0.15) is 0 Å². The first-order chi connectivity index (χ1) is 12.4. The second-order valence-corrected chi connectivity index (χ2v) is 8.15. The van der Waals surface area contributed by atoms with E-state index in [1.54, 1.807) is 43.1 Å². The van der Waals surface area contributed by atoms with Crippen LogP contribution in [0.3, 0.4) is 0 Å². The van der Waals surface area contributed by atoms with E-state index in [-0.39, 0.29) is 5.91 Å². The lowest BCUT2D eigenvalue weighted by Gasteiger charge is -2.19. The number of benzene rings is 2. The van der Waals surface area contributed by atoms with Crippen LogP contribution < -0.4 is 4.74 Å². The van der Waals surface area contributed by atoms with Gasteiger partial charge in [-0.05, 0) is 42.0 Å². The molecule has 1 amide bonds. The third-order valence-electron chi connectivity index (χ3n) is 4.28. The molecule has 0 radical (unpaired) electrons. The molecule has 0 spiro atoms. The van der Waals surface area contributed by atoms with Gasteiger partial charge in [0, 0.05) is 44.2 Å². The van der Waals surface area contributed by atoms with Gasteiger partial charge in [-0.1, -0.05) is 17.7 Å². The largest absolute Gasteiger partial charge is 0.492 e. The van der Waals surface area contributed by atoms with Crippen molar-refractivity contribution < 1.29 is 13.7 Å². The van der Waals surface area contributed by atoms with E-state index in [0.29, 0.717) is 36.2 Å². The third kappa shape index (κ3) is 4.44. The Hall–Kier alpha value is -1.89. The highest BCUT2D eigenvalue weighted by Gasteiger charge is 2.21. The summed E-state index contributed by atoms with van der Waals surface area (Å²) in [7, 11) is 0.479. The lowest BCUT2D eigenvalue weighted by Crippen LogP contribution is -2.28. The topological polar surface area (TPSA) is 49.9 Å². The Labute approximate surface area is 161 Å². The molecule has 3 rings (SSSR count). The third-order valence-corrected chi connectivity index (χ3v) is 5.99. The molecule has 1 heterocycles. The van der Waals surface area contributed by atoms with Crippen LogP contribution in [0.4, 0.5) is 0 Å². The van der Waals surface area contributed by atoms with Crippen LogP contribution in [-0.4, -0.2) is 39.5 Å². The molecule has 0 fully saturated rings. The number of ether oxygens (including phenoxy) is 1. The van der Waals surface area contributed by atoms with Crippen LogP contribution in [0.5, 0.6) is 5.75 Å². The van der Waals surface area contributed by atoms with Gasteiger partial charge in [-0.15, -0.1) is 0 Å². The molecule has 0 saturated heterocycles. The number of carbonyl (C=O) groups is 1. The number of nitrogens with zero attached hydrogens (tertiary/aromatic N) is 2. The number of hydrogen-bond donors (Lipinski definition) is 0. The molecule has 0 bridgehead atoms. The summed E-state index contributed by atoms with van der Waals surface area (Å²) < 4.78 is 20.6. The van der Waals surface area contributed by atoms with Crippen LogP contribution in [0.15, 0.2) is 47.4 Å². The zero-order valence-electron chi connectivity index (χ0n) is 14.8. The van der Waals surface area contributed by atoms with Crippen molar-refractivity contribution in [2.45, 2.75) is 24.9 Å². The van der Waals surface area contributed by atoms with Crippen LogP contribution in [0.1, 0.15) is 18.1 Å². The minimum absolute atomic E-state index is 0.0154. The maximum absolute atomic E-state index is 12.9. The molecular weight excluding hydrogens is 372 g/mol. The van der Waals surface area contributed by atoms with Crippen molar-refractivity contribution in [2.24, 2.45) is 0 Å². The first-order valence-electron chi connectivity index (χ1n) is 8.33. The standard InChI is InChI=1S/C19H21ClN2O3S/c1-14(23)21(2)12-15-3-8-19-16(11-15)13-22(9-10-25-19)26(24)18-6-4-17(20)5-7-18/h3-8,11H,9-10,12-13H2,1-2H3. The zero-order valence-corrected chi connectivity index (χ0v) is 16.3. The fraction of sp³-hybridized carbons (Fsp3) is 0.316. The molecule has 0 N–H and O–H groups in total. The van der Waals surface area contributed by atoms with Crippen molar-refractivity contribution in [3.8, 4) is 5.75 Å². The SMILES string of the molecule is CC(=O)N(C)Cc1ccc2c(c1)CN(S(=O)c1ccc(Cl)cc1)CCO2. The van der Waals surface area contributed by atoms with E-state index in [4.69, 9.17) is 16.3 Å². The molecule has 0 aromatic heterocycles. The summed E-state index contributed by atoms with van der Waals surface area (Å²) in [6.45, 7) is 3.63. The zero-order chi connectivity index (χ0) is 18.7. The Balaban J connectivity index is 1.80. The normalized spacial score (nSPS) is 15.5. The van der Waals surface area contributed by atoms with E-state index in [1.807, 2.05) is 22.5 Å². The Morgan fingerprint density at radius 1 is 1.27 bits per heavy atom. The predicted octanol–water partition coefficient (Wildman–Crippen LogP) is 3.24. The fourth-order valence-corrected chi connectivity index (χ4v) is 4.04. The van der Waals surface area contributed by atoms with Crippen molar-refractivity contribution in [3.05, 3.63) is 58.6 Å². The van der Waals surface area contributed by atoms with Crippen LogP contribution in [-0.2, 0) is 28.9 Å². The van der Waals surface area contributed by atoms with Gasteiger partial charge in [0.1, 0.15) is 23.3 Å². The molecule has 1 aliphatic heterocycles. The molecular formula is C19H21ClN2O3S. The number of carbonyl (C=O) groups excluding carboxylic acids is 1. The van der Waals surface area contributed by atoms with Crippen molar-refractivity contribution in [1.29, 1.82) is 0 Å². The minimum Gasteiger partial charge on any atom is -0.492 e. The number of fused-ring (bicyclic) bond motifs is 1. The summed E-state index contributed by atoms with van der Waals surface area (Å²) >= 11 is 5.92. The summed E-state index contributed by atoms with van der Waals surface area (Å²) in [6.07, 6.45) is 0. The van der Waals surface area contributed by atoms with E-state index in [9.17, 15) is 9.00 Å². The summed E-state index contributed by atoms with van der Waals surface area (Å²) in [5.74, 6) is 0.816. The first kappa shape index (κ1) is 18.9. The second kappa shape index (κ2) is 8.20. The summed E-state index contributed by atoms with van der Waals surface area (Å²) in [5, 5.41) is 0.620. The maximum Gasteiger partial charge on any atom is 0.219 e. The minimum atomic E-state index is -1.29. The lowest BCUT2D eigenvalue weighted by atomic mass is 10.1. The van der Waals surface area contributed by atoms with Gasteiger partial charge < -0.3 is 9.64 Å². The lowest BCUT2D eigenvalue weighted by molar-refractivity contribution is -0.128. The quantitative estimate of drug-likeness (QED) is 0.802. The van der Waals surface area contributed by atoms with E-state index in [1.165, 1.54) is 0 Å². The number of rotatable bonds is 4. The van der Waals surface area contributed by atoms with Gasteiger partial charge in [-0.25, -0.2) is 8.51 Å². The second-order valence-electron chi connectivity index (χ2n) is 6.23. The van der Waals surface area contributed by atoms with Gasteiger partial charge in [0.25, 0.3) is 0 Å². The molecule has 2 aromatic carbocycles. The smallest absolute Gasteiger partial charge is 0.219 e. The van der Waals surface area contributed by atoms with Crippen molar-refractivity contribution in [1.82, 2.24) is 9.21 Å². The summed E-state index contributed by atoms with van der Waals surface area (Å²) in [6, 6.07) is 13.0. The van der Waals surface area contributed by atoms with Crippen molar-refractivity contribution in [3.63, 3.8) is 0 Å². The Morgan fingerprint density at radius 3 is 2.69 bits per heavy atom. The van der Waals surface area contributed by atoms with Crippen molar-refractivity contribution in [2.75, 3.05) is 20.2 Å². The predicted molar refractivity (Wildman–Crippen MR) is 102 cm³/mol. The fourth-order valence-electron chi connectivity index (χ4n) is 2.75. The van der Waals surface area contributed by atoms with Crippen LogP contribution in [0.2, 0.25) is 5.02 Å². The van der Waals surface area contributed by atoms with Crippen LogP contribution >= 0.6 is 11.6 Å². The average molecular weight is 393 g/mol. The molecule has 26 heavy (non-hydrogen) atoms. The molecule has 1 unspecified atom stereocenters. The van der Waals surface area contributed by atoms with Crippen LogP contribution in [0, 0.1) is 0 Å². The highest BCUT2D eigenvalue weighted by molar-refractivity contribution is 7.82. The Bertz CT molecular complexity index is 826. The molecule has 1 aliphatic rings. The summed E-state index contributed by atoms with van der Waals surface area (Å²) in [5.41, 5.74) is 1.99. The Kier molecular flexibility index (Phi) is 5.96. The van der Waals surface area contributed by atoms with E-state index >= 15 is 0 Å².